The molecule has 1 aliphatic rings. The largest absolute Gasteiger partial charge is 0.451 e. The standard InChI is InChI=1S/C18H24F3N5O/c19-18(20,21)17-23-15-5-2-1-4-14(15)16(24-17)22-6-3-7-25-8-10-26(11-9-25)12-13-27/h1-2,4-5,27H,3,6-13H2,(H,22,23,24). The first-order valence-electron chi connectivity index (χ1n) is 9.11. The van der Waals surface area contributed by atoms with Crippen molar-refractivity contribution < 1.29 is 18.3 Å². The fourth-order valence-corrected chi connectivity index (χ4v) is 3.23. The number of halogens is 3. The van der Waals surface area contributed by atoms with E-state index in [1.54, 1.807) is 24.3 Å². The van der Waals surface area contributed by atoms with Gasteiger partial charge >= 0.3 is 6.18 Å². The second-order valence-corrected chi connectivity index (χ2v) is 6.60. The summed E-state index contributed by atoms with van der Waals surface area (Å²) in [6.45, 7) is 6.03. The van der Waals surface area contributed by atoms with Gasteiger partial charge in [-0.05, 0) is 25.1 Å². The average Bonchev–Trinajstić information content (AvgIpc) is 2.65. The molecule has 2 aromatic rings. The van der Waals surface area contributed by atoms with E-state index in [1.165, 1.54) is 0 Å². The molecule has 0 atom stereocenters. The van der Waals surface area contributed by atoms with Crippen molar-refractivity contribution in [2.45, 2.75) is 12.6 Å². The lowest BCUT2D eigenvalue weighted by Gasteiger charge is -2.34. The number of alkyl halides is 3. The van der Waals surface area contributed by atoms with Crippen LogP contribution < -0.4 is 5.32 Å². The molecular weight excluding hydrogens is 359 g/mol. The zero-order chi connectivity index (χ0) is 19.3. The highest BCUT2D eigenvalue weighted by molar-refractivity contribution is 5.89. The highest BCUT2D eigenvalue weighted by atomic mass is 19.4. The minimum atomic E-state index is -4.57. The van der Waals surface area contributed by atoms with Crippen molar-refractivity contribution in [1.29, 1.82) is 0 Å². The first-order chi connectivity index (χ1) is 13.0. The first kappa shape index (κ1) is 19.8. The maximum atomic E-state index is 13.0. The van der Waals surface area contributed by atoms with Crippen LogP contribution in [0.4, 0.5) is 19.0 Å². The number of benzene rings is 1. The molecule has 0 amide bonds. The number of para-hydroxylation sites is 1. The molecule has 0 saturated carbocycles. The summed E-state index contributed by atoms with van der Waals surface area (Å²) in [6, 6.07) is 6.70. The van der Waals surface area contributed by atoms with Crippen molar-refractivity contribution in [2.75, 3.05) is 57.7 Å². The minimum absolute atomic E-state index is 0.177. The van der Waals surface area contributed by atoms with E-state index in [0.717, 1.165) is 39.1 Å². The Morgan fingerprint density at radius 1 is 1.00 bits per heavy atom. The number of hydrogen-bond acceptors (Lipinski definition) is 6. The maximum absolute atomic E-state index is 13.0. The van der Waals surface area contributed by atoms with Crippen molar-refractivity contribution in [3.05, 3.63) is 30.1 Å². The minimum Gasteiger partial charge on any atom is -0.395 e. The highest BCUT2D eigenvalue weighted by Crippen LogP contribution is 2.30. The zero-order valence-electron chi connectivity index (χ0n) is 15.0. The molecule has 1 fully saturated rings. The quantitative estimate of drug-likeness (QED) is 0.714. The van der Waals surface area contributed by atoms with Crippen LogP contribution in [0.15, 0.2) is 24.3 Å². The summed E-state index contributed by atoms with van der Waals surface area (Å²) in [4.78, 5) is 11.9. The molecule has 9 heteroatoms. The number of piperazine rings is 1. The lowest BCUT2D eigenvalue weighted by Crippen LogP contribution is -2.47. The van der Waals surface area contributed by atoms with E-state index >= 15 is 0 Å². The molecule has 1 aromatic heterocycles. The SMILES string of the molecule is OCCN1CCN(CCCNc2nc(C(F)(F)F)nc3ccccc23)CC1. The lowest BCUT2D eigenvalue weighted by molar-refractivity contribution is -0.144. The number of hydrogen-bond donors (Lipinski definition) is 2. The van der Waals surface area contributed by atoms with Crippen LogP contribution in [0.3, 0.4) is 0 Å². The van der Waals surface area contributed by atoms with Gasteiger partial charge in [-0.2, -0.15) is 13.2 Å². The second-order valence-electron chi connectivity index (χ2n) is 6.60. The van der Waals surface area contributed by atoms with E-state index in [-0.39, 0.29) is 17.9 Å². The summed E-state index contributed by atoms with van der Waals surface area (Å²) in [5.41, 5.74) is 0.280. The number of anilines is 1. The monoisotopic (exact) mass is 383 g/mol. The Kier molecular flexibility index (Phi) is 6.46. The Morgan fingerprint density at radius 3 is 2.33 bits per heavy atom. The summed E-state index contributed by atoms with van der Waals surface area (Å²) in [6.07, 6.45) is -3.77. The predicted molar refractivity (Wildman–Crippen MR) is 97.6 cm³/mol. The van der Waals surface area contributed by atoms with E-state index < -0.39 is 12.0 Å². The average molecular weight is 383 g/mol. The Hall–Kier alpha value is -1.97. The summed E-state index contributed by atoms with van der Waals surface area (Å²) < 4.78 is 39.1. The van der Waals surface area contributed by atoms with Crippen molar-refractivity contribution >= 4 is 16.7 Å². The summed E-state index contributed by atoms with van der Waals surface area (Å²) >= 11 is 0. The van der Waals surface area contributed by atoms with Crippen LogP contribution in [0, 0.1) is 0 Å². The van der Waals surface area contributed by atoms with Gasteiger partial charge in [-0.1, -0.05) is 12.1 Å². The van der Waals surface area contributed by atoms with Crippen LogP contribution in [-0.4, -0.2) is 77.3 Å². The summed E-state index contributed by atoms with van der Waals surface area (Å²) in [7, 11) is 0. The lowest BCUT2D eigenvalue weighted by atomic mass is 10.2. The Balaban J connectivity index is 1.56. The molecule has 0 aliphatic carbocycles. The van der Waals surface area contributed by atoms with Crippen LogP contribution in [-0.2, 0) is 6.18 Å². The molecule has 0 bridgehead atoms. The van der Waals surface area contributed by atoms with Gasteiger partial charge in [0.15, 0.2) is 0 Å². The smallest absolute Gasteiger partial charge is 0.395 e. The van der Waals surface area contributed by atoms with Gasteiger partial charge in [-0.3, -0.25) is 4.90 Å². The van der Waals surface area contributed by atoms with Crippen LogP contribution in [0.2, 0.25) is 0 Å². The Bertz CT molecular complexity index is 747. The number of β-amino-alcohol motifs (C(OH)–C–C–N with tert-alkyl or cyclic N) is 1. The molecule has 2 heterocycles. The van der Waals surface area contributed by atoms with E-state index in [1.807, 2.05) is 0 Å². The molecule has 2 N–H and O–H groups in total. The fourth-order valence-electron chi connectivity index (χ4n) is 3.23. The van der Waals surface area contributed by atoms with E-state index in [4.69, 9.17) is 5.11 Å². The second kappa shape index (κ2) is 8.81. The van der Waals surface area contributed by atoms with Crippen molar-refractivity contribution in [2.24, 2.45) is 0 Å². The van der Waals surface area contributed by atoms with E-state index in [9.17, 15) is 13.2 Å². The normalized spacial score (nSPS) is 16.7. The van der Waals surface area contributed by atoms with Crippen molar-refractivity contribution in [3.8, 4) is 0 Å². The predicted octanol–water partition coefficient (Wildman–Crippen LogP) is 2.06. The summed E-state index contributed by atoms with van der Waals surface area (Å²) in [5.74, 6) is -0.899. The first-order valence-corrected chi connectivity index (χ1v) is 9.11. The molecule has 6 nitrogen and oxygen atoms in total. The zero-order valence-corrected chi connectivity index (χ0v) is 15.0. The Labute approximate surface area is 156 Å². The maximum Gasteiger partial charge on any atom is 0.451 e. The van der Waals surface area contributed by atoms with Gasteiger partial charge in [0.05, 0.1) is 12.1 Å². The topological polar surface area (TPSA) is 64.5 Å². The number of aliphatic hydroxyl groups excluding tert-OH is 1. The number of aliphatic hydroxyl groups is 1. The molecule has 0 unspecified atom stereocenters. The van der Waals surface area contributed by atoms with Crippen LogP contribution >= 0.6 is 0 Å². The number of nitrogens with zero attached hydrogens (tertiary/aromatic N) is 4. The van der Waals surface area contributed by atoms with Crippen LogP contribution in [0.1, 0.15) is 12.2 Å². The molecule has 1 aliphatic heterocycles. The molecule has 0 spiro atoms. The third-order valence-corrected chi connectivity index (χ3v) is 4.68. The number of rotatable bonds is 7. The van der Waals surface area contributed by atoms with Crippen LogP contribution in [0.5, 0.6) is 0 Å². The van der Waals surface area contributed by atoms with Crippen molar-refractivity contribution in [1.82, 2.24) is 19.8 Å². The van der Waals surface area contributed by atoms with Gasteiger partial charge in [0.1, 0.15) is 5.82 Å². The number of fused-ring (bicyclic) bond motifs is 1. The molecular formula is C18H24F3N5O. The third kappa shape index (κ3) is 5.27. The molecule has 0 radical (unpaired) electrons. The Morgan fingerprint density at radius 2 is 1.67 bits per heavy atom. The van der Waals surface area contributed by atoms with E-state index in [2.05, 4.69) is 25.1 Å². The molecule has 27 heavy (non-hydrogen) atoms. The summed E-state index contributed by atoms with van der Waals surface area (Å²) in [5, 5.41) is 12.6. The number of nitrogens with one attached hydrogen (secondary N) is 1. The van der Waals surface area contributed by atoms with Gasteiger partial charge in [0.25, 0.3) is 0 Å². The van der Waals surface area contributed by atoms with E-state index in [0.29, 0.717) is 18.5 Å². The highest BCUT2D eigenvalue weighted by Gasteiger charge is 2.35. The fraction of sp³-hybridized carbons (Fsp3) is 0.556. The molecule has 1 aromatic carbocycles. The molecule has 3 rings (SSSR count). The third-order valence-electron chi connectivity index (χ3n) is 4.68. The van der Waals surface area contributed by atoms with Crippen molar-refractivity contribution in [3.63, 3.8) is 0 Å². The molecule has 148 valence electrons. The van der Waals surface area contributed by atoms with Gasteiger partial charge in [0, 0.05) is 44.7 Å². The van der Waals surface area contributed by atoms with Gasteiger partial charge in [-0.25, -0.2) is 9.97 Å². The van der Waals surface area contributed by atoms with Gasteiger partial charge in [0.2, 0.25) is 5.82 Å². The molecule has 1 saturated heterocycles. The van der Waals surface area contributed by atoms with Gasteiger partial charge in [-0.15, -0.1) is 0 Å². The number of aromatic nitrogens is 2. The van der Waals surface area contributed by atoms with Gasteiger partial charge < -0.3 is 15.3 Å². The van der Waals surface area contributed by atoms with Crippen LogP contribution in [0.25, 0.3) is 10.9 Å².